The first kappa shape index (κ1) is 20.9. The van der Waals surface area contributed by atoms with E-state index in [1.165, 1.54) is 0 Å². The molecule has 1 atom stereocenters. The third-order valence-corrected chi connectivity index (χ3v) is 4.41. The van der Waals surface area contributed by atoms with E-state index in [0.717, 1.165) is 42.2 Å². The minimum Gasteiger partial charge on any atom is -0.381 e. The van der Waals surface area contributed by atoms with Crippen molar-refractivity contribution in [1.82, 2.24) is 10.6 Å². The van der Waals surface area contributed by atoms with Gasteiger partial charge in [-0.25, -0.2) is 0 Å². The Morgan fingerprint density at radius 2 is 1.78 bits per heavy atom. The van der Waals surface area contributed by atoms with Crippen LogP contribution in [0.1, 0.15) is 38.7 Å². The molecule has 0 saturated heterocycles. The smallest absolute Gasteiger partial charge is 0.242 e. The molecule has 0 saturated carbocycles. The van der Waals surface area contributed by atoms with E-state index in [9.17, 15) is 9.59 Å². The largest absolute Gasteiger partial charge is 0.381 e. The highest BCUT2D eigenvalue weighted by atomic mass is 16.5. The number of carbonyl (C=O) groups excluding carboxylic acids is 2. The molecular weight excluding hydrogens is 340 g/mol. The van der Waals surface area contributed by atoms with Crippen molar-refractivity contribution in [3.8, 4) is 0 Å². The highest BCUT2D eigenvalue weighted by Gasteiger charge is 2.15. The standard InChI is InChI=1S/C22H30N2O3/c1-3-4-14-27-15-8-13-23-22(26)17(2)24-21(25)16-19-11-7-10-18-9-5-6-12-20(18)19/h5-7,9-12,17H,3-4,8,13-16H2,1-2H3,(H,23,26)(H,24,25). The number of benzene rings is 2. The summed E-state index contributed by atoms with van der Waals surface area (Å²) in [5.74, 6) is -0.327. The summed E-state index contributed by atoms with van der Waals surface area (Å²) in [5, 5.41) is 7.79. The van der Waals surface area contributed by atoms with Crippen LogP contribution in [0.3, 0.4) is 0 Å². The maximum atomic E-state index is 12.3. The Morgan fingerprint density at radius 3 is 2.59 bits per heavy atom. The lowest BCUT2D eigenvalue weighted by molar-refractivity contribution is -0.128. The number of hydrogen-bond acceptors (Lipinski definition) is 3. The number of ether oxygens (including phenoxy) is 1. The van der Waals surface area contributed by atoms with Crippen LogP contribution in [0.25, 0.3) is 10.8 Å². The lowest BCUT2D eigenvalue weighted by atomic mass is 10.0. The molecule has 0 fully saturated rings. The van der Waals surface area contributed by atoms with Crippen molar-refractivity contribution in [3.63, 3.8) is 0 Å². The number of carbonyl (C=O) groups is 2. The summed E-state index contributed by atoms with van der Waals surface area (Å²) >= 11 is 0. The molecular formula is C22H30N2O3. The van der Waals surface area contributed by atoms with Gasteiger partial charge in [0, 0.05) is 19.8 Å². The average Bonchev–Trinajstić information content (AvgIpc) is 2.67. The van der Waals surface area contributed by atoms with Gasteiger partial charge in [0.2, 0.25) is 11.8 Å². The molecule has 27 heavy (non-hydrogen) atoms. The summed E-state index contributed by atoms with van der Waals surface area (Å²) in [5.41, 5.74) is 0.961. The zero-order chi connectivity index (χ0) is 19.5. The quantitative estimate of drug-likeness (QED) is 0.597. The Kier molecular flexibility index (Phi) is 8.78. The Morgan fingerprint density at radius 1 is 1.04 bits per heavy atom. The molecule has 0 aliphatic rings. The van der Waals surface area contributed by atoms with Gasteiger partial charge in [-0.3, -0.25) is 9.59 Å². The van der Waals surface area contributed by atoms with Crippen LogP contribution in [-0.2, 0) is 20.7 Å². The van der Waals surface area contributed by atoms with Gasteiger partial charge >= 0.3 is 0 Å². The average molecular weight is 370 g/mol. The number of nitrogens with one attached hydrogen (secondary N) is 2. The molecule has 2 rings (SSSR count). The van der Waals surface area contributed by atoms with Crippen LogP contribution < -0.4 is 10.6 Å². The lowest BCUT2D eigenvalue weighted by Gasteiger charge is -2.15. The van der Waals surface area contributed by atoms with E-state index >= 15 is 0 Å². The van der Waals surface area contributed by atoms with Gasteiger partial charge in [0.05, 0.1) is 6.42 Å². The number of amides is 2. The Hall–Kier alpha value is -2.40. The van der Waals surface area contributed by atoms with Crippen LogP contribution in [0, 0.1) is 0 Å². The molecule has 5 nitrogen and oxygen atoms in total. The minimum absolute atomic E-state index is 0.156. The number of fused-ring (bicyclic) bond motifs is 1. The molecule has 146 valence electrons. The second-order valence-electron chi connectivity index (χ2n) is 6.71. The van der Waals surface area contributed by atoms with E-state index in [-0.39, 0.29) is 18.2 Å². The Bertz CT molecular complexity index is 740. The van der Waals surface area contributed by atoms with Crippen LogP contribution in [0.15, 0.2) is 42.5 Å². The maximum absolute atomic E-state index is 12.3. The predicted octanol–water partition coefficient (Wildman–Crippen LogP) is 3.21. The van der Waals surface area contributed by atoms with Crippen molar-refractivity contribution in [2.24, 2.45) is 0 Å². The zero-order valence-corrected chi connectivity index (χ0v) is 16.3. The summed E-state index contributed by atoms with van der Waals surface area (Å²) in [6, 6.07) is 13.3. The van der Waals surface area contributed by atoms with Crippen LogP contribution in [0.4, 0.5) is 0 Å². The zero-order valence-electron chi connectivity index (χ0n) is 16.3. The van der Waals surface area contributed by atoms with Gasteiger partial charge in [0.25, 0.3) is 0 Å². The van der Waals surface area contributed by atoms with Gasteiger partial charge in [-0.05, 0) is 36.1 Å². The van der Waals surface area contributed by atoms with E-state index in [0.29, 0.717) is 13.2 Å². The minimum atomic E-state index is -0.562. The van der Waals surface area contributed by atoms with E-state index < -0.39 is 6.04 Å². The topological polar surface area (TPSA) is 67.4 Å². The van der Waals surface area contributed by atoms with E-state index in [1.54, 1.807) is 6.92 Å². The van der Waals surface area contributed by atoms with Crippen molar-refractivity contribution in [2.45, 2.75) is 45.6 Å². The second-order valence-corrected chi connectivity index (χ2v) is 6.71. The summed E-state index contributed by atoms with van der Waals surface area (Å²) in [6.45, 7) is 5.79. The van der Waals surface area contributed by atoms with Crippen molar-refractivity contribution < 1.29 is 14.3 Å². The second kappa shape index (κ2) is 11.3. The van der Waals surface area contributed by atoms with E-state index in [4.69, 9.17) is 4.74 Å². The molecule has 0 aliphatic heterocycles. The summed E-state index contributed by atoms with van der Waals surface area (Å²) in [7, 11) is 0. The van der Waals surface area contributed by atoms with Crippen molar-refractivity contribution >= 4 is 22.6 Å². The van der Waals surface area contributed by atoms with Crippen molar-refractivity contribution in [2.75, 3.05) is 19.8 Å². The number of rotatable bonds is 11. The summed E-state index contributed by atoms with van der Waals surface area (Å²) < 4.78 is 5.46. The highest BCUT2D eigenvalue weighted by Crippen LogP contribution is 2.18. The molecule has 0 bridgehead atoms. The van der Waals surface area contributed by atoms with Crippen LogP contribution >= 0.6 is 0 Å². The molecule has 2 aromatic rings. The molecule has 2 amide bonds. The third-order valence-electron chi connectivity index (χ3n) is 4.41. The third kappa shape index (κ3) is 7.02. The summed E-state index contributed by atoms with van der Waals surface area (Å²) in [4.78, 5) is 24.4. The first-order valence-electron chi connectivity index (χ1n) is 9.73. The molecule has 0 radical (unpaired) electrons. The first-order chi connectivity index (χ1) is 13.1. The number of hydrogen-bond donors (Lipinski definition) is 2. The fourth-order valence-electron chi connectivity index (χ4n) is 2.87. The molecule has 5 heteroatoms. The fraction of sp³-hybridized carbons (Fsp3) is 0.455. The van der Waals surface area contributed by atoms with Crippen LogP contribution in [-0.4, -0.2) is 37.6 Å². The monoisotopic (exact) mass is 370 g/mol. The SMILES string of the molecule is CCCCOCCCNC(=O)C(C)NC(=O)Cc1cccc2ccccc12. The molecule has 1 unspecified atom stereocenters. The molecule has 0 aromatic heterocycles. The Labute approximate surface area is 161 Å². The molecule has 2 N–H and O–H groups in total. The first-order valence-corrected chi connectivity index (χ1v) is 9.73. The van der Waals surface area contributed by atoms with Crippen LogP contribution in [0.2, 0.25) is 0 Å². The van der Waals surface area contributed by atoms with Crippen molar-refractivity contribution in [3.05, 3.63) is 48.0 Å². The highest BCUT2D eigenvalue weighted by molar-refractivity contribution is 5.92. The number of unbranched alkanes of at least 4 members (excludes halogenated alkanes) is 1. The van der Waals surface area contributed by atoms with Gasteiger partial charge in [-0.1, -0.05) is 55.8 Å². The predicted molar refractivity (Wildman–Crippen MR) is 109 cm³/mol. The van der Waals surface area contributed by atoms with Crippen LogP contribution in [0.5, 0.6) is 0 Å². The van der Waals surface area contributed by atoms with E-state index in [2.05, 4.69) is 17.6 Å². The van der Waals surface area contributed by atoms with Crippen molar-refractivity contribution in [1.29, 1.82) is 0 Å². The molecule has 0 aliphatic carbocycles. The van der Waals surface area contributed by atoms with Gasteiger partial charge in [0.15, 0.2) is 0 Å². The Balaban J connectivity index is 1.73. The molecule has 2 aromatic carbocycles. The molecule has 0 heterocycles. The lowest BCUT2D eigenvalue weighted by Crippen LogP contribution is -2.45. The van der Waals surface area contributed by atoms with Gasteiger partial charge in [-0.15, -0.1) is 0 Å². The normalized spacial score (nSPS) is 11.9. The van der Waals surface area contributed by atoms with Gasteiger partial charge in [0.1, 0.15) is 6.04 Å². The fourth-order valence-corrected chi connectivity index (χ4v) is 2.87. The maximum Gasteiger partial charge on any atom is 0.242 e. The molecule has 0 spiro atoms. The summed E-state index contributed by atoms with van der Waals surface area (Å²) in [6.07, 6.45) is 3.20. The van der Waals surface area contributed by atoms with Gasteiger partial charge < -0.3 is 15.4 Å². The van der Waals surface area contributed by atoms with Gasteiger partial charge in [-0.2, -0.15) is 0 Å². The van der Waals surface area contributed by atoms with E-state index in [1.807, 2.05) is 42.5 Å².